The number of para-hydroxylation sites is 3. The van der Waals surface area contributed by atoms with Gasteiger partial charge in [0.1, 0.15) is 8.07 Å². The van der Waals surface area contributed by atoms with Gasteiger partial charge in [-0.1, -0.05) is 165 Å². The Balaban J connectivity index is 1.27. The van der Waals surface area contributed by atoms with E-state index in [9.17, 15) is 0 Å². The molecule has 53 heavy (non-hydrogen) atoms. The topological polar surface area (TPSA) is 30.7 Å². The van der Waals surface area contributed by atoms with Gasteiger partial charge in [0.05, 0.1) is 33.5 Å². The van der Waals surface area contributed by atoms with Crippen LogP contribution in [0.4, 0.5) is 0 Å². The first-order valence-corrected chi connectivity index (χ1v) is 21.4. The maximum Gasteiger partial charge on any atom is 0.160 e. The summed E-state index contributed by atoms with van der Waals surface area (Å²) < 4.78 is 2.52. The van der Waals surface area contributed by atoms with Crippen LogP contribution in [0.1, 0.15) is 22.3 Å². The van der Waals surface area contributed by atoms with Crippen LogP contribution in [0.5, 0.6) is 0 Å². The minimum atomic E-state index is -2.16. The van der Waals surface area contributed by atoms with Crippen molar-refractivity contribution in [3.63, 3.8) is 0 Å². The molecule has 0 fully saturated rings. The maximum absolute atomic E-state index is 5.31. The highest BCUT2D eigenvalue weighted by Crippen LogP contribution is 2.55. The van der Waals surface area contributed by atoms with E-state index in [1.54, 1.807) is 0 Å². The van der Waals surface area contributed by atoms with E-state index < -0.39 is 13.5 Å². The van der Waals surface area contributed by atoms with Crippen LogP contribution in [-0.4, -0.2) is 22.6 Å². The average Bonchev–Trinajstić information content (AvgIpc) is 3.57. The lowest BCUT2D eigenvalue weighted by Gasteiger charge is -2.49. The zero-order chi connectivity index (χ0) is 35.3. The second kappa shape index (κ2) is 11.1. The molecule has 7 aromatic carbocycles. The summed E-state index contributed by atoms with van der Waals surface area (Å²) in [5.41, 5.74) is 13.7. The molecule has 0 aliphatic carbocycles. The third kappa shape index (κ3) is 4.10. The van der Waals surface area contributed by atoms with Gasteiger partial charge in [-0.2, -0.15) is 0 Å². The molecular formula is C49H35N3Si. The molecule has 9 aromatic rings. The molecule has 0 N–H and O–H groups in total. The fourth-order valence-corrected chi connectivity index (χ4v) is 12.7. The predicted molar refractivity (Wildman–Crippen MR) is 221 cm³/mol. The standard InChI is InChI=1S/C49H35N3Si/c1-53(2)45-27-14-11-23-38(45)49(37-22-10-13-26-44(37)52-43-25-12-9-20-35(43)36-21-15-24-39(49)47(36)52)40-30-34(28-29-46(40)53)42-31-41(32-16-5-3-6-17-32)50-48(51-42)33-18-7-4-8-19-33/h3-31H,1-2H3. The highest BCUT2D eigenvalue weighted by atomic mass is 28.3. The molecule has 250 valence electrons. The van der Waals surface area contributed by atoms with Crippen LogP contribution < -0.4 is 10.4 Å². The van der Waals surface area contributed by atoms with E-state index in [1.807, 2.05) is 6.07 Å². The molecule has 11 rings (SSSR count). The number of rotatable bonds is 3. The van der Waals surface area contributed by atoms with Gasteiger partial charge < -0.3 is 4.57 Å². The van der Waals surface area contributed by atoms with Gasteiger partial charge in [-0.3, -0.25) is 0 Å². The van der Waals surface area contributed by atoms with Gasteiger partial charge in [0.15, 0.2) is 5.82 Å². The molecule has 0 bridgehead atoms. The quantitative estimate of drug-likeness (QED) is 0.173. The summed E-state index contributed by atoms with van der Waals surface area (Å²) >= 11 is 0. The van der Waals surface area contributed by atoms with Gasteiger partial charge >= 0.3 is 0 Å². The lowest BCUT2D eigenvalue weighted by Crippen LogP contribution is -2.63. The minimum Gasteiger partial charge on any atom is -0.309 e. The van der Waals surface area contributed by atoms with Crippen LogP contribution in [-0.2, 0) is 5.41 Å². The first kappa shape index (κ1) is 30.3. The highest BCUT2D eigenvalue weighted by Gasteiger charge is 2.53. The Labute approximate surface area is 309 Å². The summed E-state index contributed by atoms with van der Waals surface area (Å²) in [6, 6.07) is 64.5. The second-order valence-electron chi connectivity index (χ2n) is 14.9. The molecule has 0 amide bonds. The summed E-state index contributed by atoms with van der Waals surface area (Å²) in [5.74, 6) is 0.728. The number of benzene rings is 7. The van der Waals surface area contributed by atoms with E-state index in [0.717, 1.165) is 33.9 Å². The Hall–Kier alpha value is -6.36. The smallest absolute Gasteiger partial charge is 0.160 e. The van der Waals surface area contributed by atoms with Crippen LogP contribution in [0.2, 0.25) is 13.1 Å². The zero-order valence-electron chi connectivity index (χ0n) is 29.6. The molecule has 2 aliphatic heterocycles. The average molecular weight is 694 g/mol. The van der Waals surface area contributed by atoms with Crippen molar-refractivity contribution >= 4 is 40.3 Å². The molecule has 0 saturated carbocycles. The molecule has 2 aliphatic rings. The van der Waals surface area contributed by atoms with Crippen molar-refractivity contribution in [2.24, 2.45) is 0 Å². The van der Waals surface area contributed by atoms with E-state index in [1.165, 1.54) is 60.1 Å². The van der Waals surface area contributed by atoms with E-state index in [-0.39, 0.29) is 0 Å². The predicted octanol–water partition coefficient (Wildman–Crippen LogP) is 10.4. The van der Waals surface area contributed by atoms with Crippen LogP contribution in [0, 0.1) is 0 Å². The zero-order valence-corrected chi connectivity index (χ0v) is 30.6. The van der Waals surface area contributed by atoms with Gasteiger partial charge in [0.2, 0.25) is 0 Å². The van der Waals surface area contributed by atoms with Gasteiger partial charge in [-0.15, -0.1) is 0 Å². The van der Waals surface area contributed by atoms with Crippen molar-refractivity contribution < 1.29 is 0 Å². The van der Waals surface area contributed by atoms with Crippen molar-refractivity contribution in [3.8, 4) is 39.6 Å². The maximum atomic E-state index is 5.31. The number of fused-ring (bicyclic) bond motifs is 11. The van der Waals surface area contributed by atoms with Crippen molar-refractivity contribution in [2.45, 2.75) is 18.5 Å². The molecule has 1 atom stereocenters. The Bertz CT molecular complexity index is 2870. The van der Waals surface area contributed by atoms with Crippen molar-refractivity contribution in [3.05, 3.63) is 198 Å². The van der Waals surface area contributed by atoms with E-state index >= 15 is 0 Å². The Morgan fingerprint density at radius 2 is 1.06 bits per heavy atom. The first-order valence-electron chi connectivity index (χ1n) is 18.4. The molecule has 4 heterocycles. The van der Waals surface area contributed by atoms with Crippen molar-refractivity contribution in [1.29, 1.82) is 0 Å². The molecule has 1 spiro atoms. The van der Waals surface area contributed by atoms with Crippen molar-refractivity contribution in [2.75, 3.05) is 0 Å². The van der Waals surface area contributed by atoms with E-state index in [4.69, 9.17) is 9.97 Å². The molecular weight excluding hydrogens is 659 g/mol. The summed E-state index contributed by atoms with van der Waals surface area (Å²) in [6.07, 6.45) is 0. The first-order chi connectivity index (χ1) is 26.0. The number of hydrogen-bond acceptors (Lipinski definition) is 2. The molecule has 1 unspecified atom stereocenters. The SMILES string of the molecule is C[Si]1(C)c2ccccc2C2(c3ccccc3-n3c4ccccc4c4cccc2c43)c2cc(-c3cc(-c4ccccc4)nc(-c4ccccc4)n3)ccc21. The normalized spacial score (nSPS) is 16.3. The molecule has 4 heteroatoms. The fraction of sp³-hybridized carbons (Fsp3) is 0.0612. The minimum absolute atomic E-state index is 0.539. The Kier molecular flexibility index (Phi) is 6.32. The van der Waals surface area contributed by atoms with Crippen LogP contribution in [0.3, 0.4) is 0 Å². The molecule has 0 saturated heterocycles. The third-order valence-corrected chi connectivity index (χ3v) is 15.4. The van der Waals surface area contributed by atoms with Gasteiger partial charge in [0, 0.05) is 27.5 Å². The number of aromatic nitrogens is 3. The van der Waals surface area contributed by atoms with E-state index in [2.05, 4.69) is 188 Å². The van der Waals surface area contributed by atoms with Crippen LogP contribution in [0.15, 0.2) is 176 Å². The van der Waals surface area contributed by atoms with Crippen LogP contribution >= 0.6 is 0 Å². The lowest BCUT2D eigenvalue weighted by atomic mass is 9.62. The number of hydrogen-bond donors (Lipinski definition) is 0. The van der Waals surface area contributed by atoms with Crippen molar-refractivity contribution in [1.82, 2.24) is 14.5 Å². The summed E-state index contributed by atoms with van der Waals surface area (Å²) in [4.78, 5) is 10.4. The summed E-state index contributed by atoms with van der Waals surface area (Å²) in [7, 11) is -2.16. The molecule has 3 nitrogen and oxygen atoms in total. The largest absolute Gasteiger partial charge is 0.309 e. The third-order valence-electron chi connectivity index (χ3n) is 11.9. The second-order valence-corrected chi connectivity index (χ2v) is 19.3. The monoisotopic (exact) mass is 693 g/mol. The number of nitrogens with zero attached hydrogens (tertiary/aromatic N) is 3. The fourth-order valence-electron chi connectivity index (χ4n) is 9.55. The molecule has 2 aromatic heterocycles. The van der Waals surface area contributed by atoms with Gasteiger partial charge in [-0.05, 0) is 56.9 Å². The van der Waals surface area contributed by atoms with E-state index in [0.29, 0.717) is 0 Å². The lowest BCUT2D eigenvalue weighted by molar-refractivity contribution is 0.732. The Morgan fingerprint density at radius 1 is 0.453 bits per heavy atom. The van der Waals surface area contributed by atoms with Crippen LogP contribution in [0.25, 0.3) is 61.4 Å². The van der Waals surface area contributed by atoms with Gasteiger partial charge in [0.25, 0.3) is 0 Å². The summed E-state index contributed by atoms with van der Waals surface area (Å²) in [6.45, 7) is 5.05. The Morgan fingerprint density at radius 3 is 1.87 bits per heavy atom. The summed E-state index contributed by atoms with van der Waals surface area (Å²) in [5, 5.41) is 5.54. The molecule has 0 radical (unpaired) electrons. The highest BCUT2D eigenvalue weighted by molar-refractivity contribution is 7.01. The van der Waals surface area contributed by atoms with Gasteiger partial charge in [-0.25, -0.2) is 9.97 Å².